The van der Waals surface area contributed by atoms with Crippen molar-refractivity contribution < 1.29 is 53.7 Å². The van der Waals surface area contributed by atoms with Crippen molar-refractivity contribution in [2.24, 2.45) is 5.73 Å². The normalized spacial score (nSPS) is 22.3. The summed E-state index contributed by atoms with van der Waals surface area (Å²) in [5.74, 6) is -6.47. The Morgan fingerprint density at radius 1 is 0.716 bits per heavy atom. The van der Waals surface area contributed by atoms with Gasteiger partial charge in [0, 0.05) is 54.9 Å². The first-order valence-electron chi connectivity index (χ1n) is 24.4. The molecule has 74 heavy (non-hydrogen) atoms. The zero-order valence-electron chi connectivity index (χ0n) is 41.5. The summed E-state index contributed by atoms with van der Waals surface area (Å²) in [5.41, 5.74) is 9.16. The zero-order chi connectivity index (χ0) is 53.7. The molecule has 1 saturated heterocycles. The number of aliphatic hydroxyl groups is 3. The van der Waals surface area contributed by atoms with E-state index in [2.05, 4.69) is 47.5 Å². The molecule has 0 aliphatic carbocycles. The predicted octanol–water partition coefficient (Wildman–Crippen LogP) is -0.628. The number of aliphatic hydroxyl groups excluding tert-OH is 3. The molecule has 14 N–H and O–H groups in total. The number of hydrogen-bond donors (Lipinski definition) is 13. The third-order valence-electron chi connectivity index (χ3n) is 12.2. The number of carbonyl (C=O) groups excluding carboxylic acids is 8. The molecule has 8 amide bonds. The fourth-order valence-electron chi connectivity index (χ4n) is 7.97. The topological polar surface area (TPSA) is 335 Å². The van der Waals surface area contributed by atoms with E-state index in [0.29, 0.717) is 17.5 Å². The standard InChI is InChI=1S/C51H68N10O11S2/c1-29(63)41(26-62)58-50(71)43-28-74-73-27-42(59-45(66)36(52)22-32-14-6-4-7-15-32)49(70)56-39(23-33-16-8-5-9-17-33)47(68)57-40(24-34-25-54-37-19-11-10-18-35(34)37)48(69)55-38(20-12-13-21-53-31(3)65)46(67)61-44(30(2)64)51(72)60-43/h4-11,14-19,25,29-30,36,38-44,54,62-64H,12-13,20-24,26-28,52H2,1-3H3,(H,53,65)(H,55,69)(H,56,70)(H,57,68)(H,58,71)(H,59,66)(H,60,72)(H,61,67)/t29-,30-,36-,38+,39+,40-,41-,42+,43+,44+/m1/s1. The lowest BCUT2D eigenvalue weighted by molar-refractivity contribution is -0.136. The maximum atomic E-state index is 14.8. The minimum absolute atomic E-state index is 0.0331. The number of hydrogen-bond acceptors (Lipinski definition) is 14. The number of benzene rings is 3. The Labute approximate surface area is 437 Å². The van der Waals surface area contributed by atoms with Gasteiger partial charge in [-0.2, -0.15) is 0 Å². The number of carbonyl (C=O) groups is 8. The summed E-state index contributed by atoms with van der Waals surface area (Å²) in [6.45, 7) is 3.52. The molecule has 0 bridgehead atoms. The molecule has 1 fully saturated rings. The van der Waals surface area contributed by atoms with E-state index in [9.17, 15) is 53.7 Å². The second-order valence-electron chi connectivity index (χ2n) is 18.2. The van der Waals surface area contributed by atoms with E-state index in [-0.39, 0.29) is 56.1 Å². The number of aromatic nitrogens is 1. The van der Waals surface area contributed by atoms with Gasteiger partial charge in [0.05, 0.1) is 30.9 Å². The number of H-pyrrole nitrogens is 1. The van der Waals surface area contributed by atoms with Crippen molar-refractivity contribution >= 4 is 79.7 Å². The van der Waals surface area contributed by atoms with Gasteiger partial charge in [-0.3, -0.25) is 38.4 Å². The van der Waals surface area contributed by atoms with Crippen molar-refractivity contribution in [2.75, 3.05) is 24.7 Å². The molecule has 1 aromatic heterocycles. The number of unbranched alkanes of at least 4 members (excludes halogenated alkanes) is 1. The molecule has 1 aliphatic heterocycles. The number of nitrogens with two attached hydrogens (primary N) is 1. The highest BCUT2D eigenvalue weighted by Crippen LogP contribution is 2.24. The van der Waals surface area contributed by atoms with Crippen LogP contribution < -0.4 is 48.3 Å². The minimum Gasteiger partial charge on any atom is -0.394 e. The second kappa shape index (κ2) is 29.4. The van der Waals surface area contributed by atoms with Crippen LogP contribution in [0, 0.1) is 0 Å². The highest BCUT2D eigenvalue weighted by atomic mass is 33.1. The van der Waals surface area contributed by atoms with Crippen LogP contribution in [0.3, 0.4) is 0 Å². The van der Waals surface area contributed by atoms with Crippen LogP contribution in [0.15, 0.2) is 91.1 Å². The van der Waals surface area contributed by atoms with Crippen LogP contribution in [0.4, 0.5) is 0 Å². The average Bonchev–Trinajstić information content (AvgIpc) is 3.78. The van der Waals surface area contributed by atoms with Crippen LogP contribution in [-0.4, -0.2) is 153 Å². The summed E-state index contributed by atoms with van der Waals surface area (Å²) < 4.78 is 0. The van der Waals surface area contributed by atoms with Crippen LogP contribution in [-0.2, 0) is 57.6 Å². The molecule has 5 rings (SSSR count). The van der Waals surface area contributed by atoms with Gasteiger partial charge in [-0.1, -0.05) is 100 Å². The van der Waals surface area contributed by atoms with Gasteiger partial charge in [0.25, 0.3) is 0 Å². The zero-order valence-corrected chi connectivity index (χ0v) is 43.1. The summed E-state index contributed by atoms with van der Waals surface area (Å²) in [6, 6.07) is 14.3. The van der Waals surface area contributed by atoms with Gasteiger partial charge < -0.3 is 68.6 Å². The number of fused-ring (bicyclic) bond motifs is 1. The van der Waals surface area contributed by atoms with Gasteiger partial charge in [-0.05, 0) is 62.3 Å². The number of rotatable bonds is 18. The van der Waals surface area contributed by atoms with E-state index >= 15 is 0 Å². The van der Waals surface area contributed by atoms with E-state index in [1.807, 2.05) is 30.3 Å². The molecule has 23 heteroatoms. The summed E-state index contributed by atoms with van der Waals surface area (Å²) in [4.78, 5) is 115. The van der Waals surface area contributed by atoms with E-state index in [1.165, 1.54) is 20.8 Å². The molecule has 10 atom stereocenters. The molecule has 400 valence electrons. The fraction of sp³-hybridized carbons (Fsp3) is 0.451. The molecule has 0 radical (unpaired) electrons. The molecule has 0 saturated carbocycles. The molecule has 3 aromatic carbocycles. The second-order valence-corrected chi connectivity index (χ2v) is 20.7. The fourth-order valence-corrected chi connectivity index (χ4v) is 10.3. The molecular formula is C51H68N10O11S2. The van der Waals surface area contributed by atoms with E-state index < -0.39 is 108 Å². The molecule has 21 nitrogen and oxygen atoms in total. The Morgan fingerprint density at radius 3 is 1.96 bits per heavy atom. The van der Waals surface area contributed by atoms with Crippen molar-refractivity contribution in [3.05, 3.63) is 108 Å². The number of aromatic amines is 1. The van der Waals surface area contributed by atoms with Crippen molar-refractivity contribution in [1.29, 1.82) is 0 Å². The minimum atomic E-state index is -1.70. The Kier molecular flexibility index (Phi) is 23.2. The van der Waals surface area contributed by atoms with Gasteiger partial charge in [0.1, 0.15) is 36.3 Å². The van der Waals surface area contributed by atoms with E-state index in [0.717, 1.165) is 38.1 Å². The first-order chi connectivity index (χ1) is 35.4. The summed E-state index contributed by atoms with van der Waals surface area (Å²) in [6.07, 6.45) is -0.503. The lowest BCUT2D eigenvalue weighted by Gasteiger charge is -2.29. The third-order valence-corrected chi connectivity index (χ3v) is 14.6. The maximum absolute atomic E-state index is 14.8. The van der Waals surface area contributed by atoms with Crippen LogP contribution in [0.1, 0.15) is 56.7 Å². The monoisotopic (exact) mass is 1060 g/mol. The van der Waals surface area contributed by atoms with Crippen molar-refractivity contribution in [3.8, 4) is 0 Å². The Balaban J connectivity index is 1.57. The molecule has 4 aromatic rings. The molecule has 2 heterocycles. The van der Waals surface area contributed by atoms with Gasteiger partial charge in [-0.15, -0.1) is 0 Å². The Hall–Kier alpha value is -6.50. The lowest BCUT2D eigenvalue weighted by Crippen LogP contribution is -2.62. The van der Waals surface area contributed by atoms with Crippen molar-refractivity contribution in [3.63, 3.8) is 0 Å². The third kappa shape index (κ3) is 18.2. The average molecular weight is 1060 g/mol. The van der Waals surface area contributed by atoms with Crippen LogP contribution >= 0.6 is 21.6 Å². The number of amides is 8. The number of nitrogens with one attached hydrogen (secondary N) is 9. The Morgan fingerprint density at radius 2 is 1.31 bits per heavy atom. The summed E-state index contributed by atoms with van der Waals surface area (Å²) in [5, 5.41) is 53.2. The van der Waals surface area contributed by atoms with E-state index in [1.54, 1.807) is 60.8 Å². The summed E-state index contributed by atoms with van der Waals surface area (Å²) >= 11 is 0. The highest BCUT2D eigenvalue weighted by Gasteiger charge is 2.36. The van der Waals surface area contributed by atoms with Crippen LogP contribution in [0.25, 0.3) is 10.9 Å². The largest absolute Gasteiger partial charge is 0.394 e. The van der Waals surface area contributed by atoms with Crippen LogP contribution in [0.5, 0.6) is 0 Å². The summed E-state index contributed by atoms with van der Waals surface area (Å²) in [7, 11) is 2.04. The predicted molar refractivity (Wildman–Crippen MR) is 282 cm³/mol. The highest BCUT2D eigenvalue weighted by molar-refractivity contribution is 8.76. The smallest absolute Gasteiger partial charge is 0.245 e. The van der Waals surface area contributed by atoms with Gasteiger partial charge in [-0.25, -0.2) is 0 Å². The van der Waals surface area contributed by atoms with Gasteiger partial charge >= 0.3 is 0 Å². The molecule has 0 unspecified atom stereocenters. The SMILES string of the molecule is CC(=O)NCCCC[C@@H]1NC(=O)[C@@H](Cc2c[nH]c3ccccc23)NC(=O)[C@H](Cc2ccccc2)NC(=O)[C@@H](NC(=O)[C@H](N)Cc2ccccc2)CSSC[C@@H](C(=O)N[C@H](CO)[C@@H](C)O)NC(=O)[C@H]([C@@H](C)O)NC1=O. The first kappa shape index (κ1) is 58.4. The maximum Gasteiger partial charge on any atom is 0.245 e. The number of para-hydroxylation sites is 1. The molecule has 1 aliphatic rings. The first-order valence-corrected chi connectivity index (χ1v) is 26.9. The van der Waals surface area contributed by atoms with Gasteiger partial charge in [0.15, 0.2) is 0 Å². The molecule has 0 spiro atoms. The molecular weight excluding hydrogens is 993 g/mol. The van der Waals surface area contributed by atoms with Gasteiger partial charge in [0.2, 0.25) is 47.3 Å². The van der Waals surface area contributed by atoms with E-state index in [4.69, 9.17) is 5.73 Å². The van der Waals surface area contributed by atoms with Crippen molar-refractivity contribution in [1.82, 2.24) is 47.5 Å². The Bertz CT molecular complexity index is 2520. The lowest BCUT2D eigenvalue weighted by atomic mass is 10.0. The quantitative estimate of drug-likeness (QED) is 0.0436. The van der Waals surface area contributed by atoms with Crippen LogP contribution in [0.2, 0.25) is 0 Å². The van der Waals surface area contributed by atoms with Crippen molar-refractivity contribution in [2.45, 2.75) is 120 Å².